The summed E-state index contributed by atoms with van der Waals surface area (Å²) in [6, 6.07) is 3.78. The van der Waals surface area contributed by atoms with Crippen LogP contribution < -0.4 is 0 Å². The molecule has 3 rings (SSSR count). The van der Waals surface area contributed by atoms with Crippen LogP contribution in [0.1, 0.15) is 54.9 Å². The van der Waals surface area contributed by atoms with Crippen LogP contribution in [0.4, 0.5) is 0 Å². The van der Waals surface area contributed by atoms with Gasteiger partial charge >= 0.3 is 0 Å². The van der Waals surface area contributed by atoms with Gasteiger partial charge in [0.05, 0.1) is 18.4 Å². The molecule has 1 atom stereocenters. The van der Waals surface area contributed by atoms with Gasteiger partial charge in [-0.3, -0.25) is 9.97 Å². The number of fused-ring (bicyclic) bond motifs is 1. The lowest BCUT2D eigenvalue weighted by Crippen LogP contribution is -2.02. The van der Waals surface area contributed by atoms with Crippen LogP contribution in [0.15, 0.2) is 30.7 Å². The third kappa shape index (κ3) is 7.81. The maximum atomic E-state index is 9.50. The fourth-order valence-corrected chi connectivity index (χ4v) is 3.00. The first-order chi connectivity index (χ1) is 15.3. The van der Waals surface area contributed by atoms with E-state index in [9.17, 15) is 5.11 Å². The highest BCUT2D eigenvalue weighted by molar-refractivity contribution is 7.80. The molecular weight excluding hydrogens is 418 g/mol. The van der Waals surface area contributed by atoms with E-state index in [0.29, 0.717) is 5.69 Å². The molecular formula is C26H33N3O2S. The topological polar surface area (TPSA) is 68.1 Å². The summed E-state index contributed by atoms with van der Waals surface area (Å²) in [5, 5.41) is 11.6. The minimum atomic E-state index is 0.176. The van der Waals surface area contributed by atoms with Gasteiger partial charge in [-0.25, -0.2) is 4.98 Å². The smallest absolute Gasteiger partial charge is 0.136 e. The lowest BCUT2D eigenvalue weighted by Gasteiger charge is -2.07. The first-order valence-corrected chi connectivity index (χ1v) is 11.6. The Bertz CT molecular complexity index is 1090. The van der Waals surface area contributed by atoms with Crippen molar-refractivity contribution in [3.05, 3.63) is 58.9 Å². The number of rotatable bonds is 6. The van der Waals surface area contributed by atoms with Crippen molar-refractivity contribution in [3.63, 3.8) is 0 Å². The van der Waals surface area contributed by atoms with Crippen molar-refractivity contribution in [1.29, 1.82) is 0 Å². The van der Waals surface area contributed by atoms with E-state index < -0.39 is 0 Å². The molecule has 0 spiro atoms. The fraction of sp³-hybridized carbons (Fsp3) is 0.423. The lowest BCUT2D eigenvalue weighted by molar-refractivity contribution is 0.136. The van der Waals surface area contributed by atoms with Crippen LogP contribution >= 0.6 is 12.6 Å². The molecule has 0 aliphatic heterocycles. The van der Waals surface area contributed by atoms with Gasteiger partial charge in [0.1, 0.15) is 11.4 Å². The second-order valence-corrected chi connectivity index (χ2v) is 8.32. The zero-order valence-electron chi connectivity index (χ0n) is 19.6. The van der Waals surface area contributed by atoms with E-state index in [4.69, 9.17) is 4.74 Å². The average Bonchev–Trinajstić information content (AvgIpc) is 2.78. The lowest BCUT2D eigenvalue weighted by atomic mass is 10.1. The van der Waals surface area contributed by atoms with Gasteiger partial charge in [0.15, 0.2) is 0 Å². The minimum Gasteiger partial charge on any atom is -0.506 e. The molecule has 0 aliphatic rings. The Hall–Kier alpha value is -2.62. The van der Waals surface area contributed by atoms with Gasteiger partial charge in [-0.05, 0) is 56.7 Å². The number of aryl methyl sites for hydroxylation is 3. The van der Waals surface area contributed by atoms with Crippen molar-refractivity contribution in [1.82, 2.24) is 15.0 Å². The number of hydrogen-bond acceptors (Lipinski definition) is 6. The Kier molecular flexibility index (Phi) is 10.5. The Labute approximate surface area is 197 Å². The fourth-order valence-electron chi connectivity index (χ4n) is 2.87. The highest BCUT2D eigenvalue weighted by Gasteiger charge is 2.04. The van der Waals surface area contributed by atoms with Crippen molar-refractivity contribution in [3.8, 4) is 17.6 Å². The molecule has 0 bridgehead atoms. The van der Waals surface area contributed by atoms with Crippen LogP contribution in [-0.2, 0) is 4.74 Å². The van der Waals surface area contributed by atoms with Crippen LogP contribution in [0.3, 0.4) is 0 Å². The summed E-state index contributed by atoms with van der Waals surface area (Å²) in [6.07, 6.45) is 7.46. The summed E-state index contributed by atoms with van der Waals surface area (Å²) in [4.78, 5) is 12.8. The van der Waals surface area contributed by atoms with Crippen LogP contribution in [0.25, 0.3) is 10.8 Å². The highest BCUT2D eigenvalue weighted by atomic mass is 32.1. The summed E-state index contributed by atoms with van der Waals surface area (Å²) in [7, 11) is 0. The molecule has 6 heteroatoms. The highest BCUT2D eigenvalue weighted by Crippen LogP contribution is 2.20. The number of aromatic nitrogens is 3. The SMILES string of the molecule is CCC(C)CCOCCS.Cc1cc2c(C#Cc3cc(C)c(O)cn3)cnc(C)c2cn1. The van der Waals surface area contributed by atoms with E-state index in [0.717, 1.165) is 58.2 Å². The number of aromatic hydroxyl groups is 1. The third-order valence-electron chi connectivity index (χ3n) is 5.20. The maximum absolute atomic E-state index is 9.50. The Morgan fingerprint density at radius 3 is 2.47 bits per heavy atom. The predicted molar refractivity (Wildman–Crippen MR) is 134 cm³/mol. The number of hydrogen-bond donors (Lipinski definition) is 2. The van der Waals surface area contributed by atoms with Crippen LogP contribution in [0, 0.1) is 38.5 Å². The number of ether oxygens (including phenoxy) is 1. The normalized spacial score (nSPS) is 11.3. The molecule has 1 unspecified atom stereocenters. The summed E-state index contributed by atoms with van der Waals surface area (Å²) in [5.74, 6) is 7.96. The molecule has 0 aromatic carbocycles. The van der Waals surface area contributed by atoms with Gasteiger partial charge < -0.3 is 9.84 Å². The van der Waals surface area contributed by atoms with E-state index in [1.165, 1.54) is 19.0 Å². The van der Waals surface area contributed by atoms with E-state index in [1.54, 1.807) is 12.3 Å². The quantitative estimate of drug-likeness (QED) is 0.297. The van der Waals surface area contributed by atoms with Gasteiger partial charge in [-0.2, -0.15) is 12.6 Å². The molecule has 0 radical (unpaired) electrons. The predicted octanol–water partition coefficient (Wildman–Crippen LogP) is 5.42. The van der Waals surface area contributed by atoms with Gasteiger partial charge in [0.25, 0.3) is 0 Å². The molecule has 3 aromatic rings. The molecule has 0 fully saturated rings. The van der Waals surface area contributed by atoms with Gasteiger partial charge in [-0.15, -0.1) is 0 Å². The van der Waals surface area contributed by atoms with Crippen molar-refractivity contribution < 1.29 is 9.84 Å². The summed E-state index contributed by atoms with van der Waals surface area (Å²) >= 11 is 4.04. The zero-order chi connectivity index (χ0) is 23.5. The molecule has 170 valence electrons. The molecule has 0 amide bonds. The van der Waals surface area contributed by atoms with Crippen LogP contribution in [0.2, 0.25) is 0 Å². The van der Waals surface area contributed by atoms with Gasteiger partial charge in [-0.1, -0.05) is 26.2 Å². The van der Waals surface area contributed by atoms with E-state index in [1.807, 2.05) is 33.0 Å². The van der Waals surface area contributed by atoms with E-state index in [-0.39, 0.29) is 5.75 Å². The second kappa shape index (κ2) is 13.0. The molecule has 5 nitrogen and oxygen atoms in total. The largest absolute Gasteiger partial charge is 0.506 e. The molecule has 3 aromatic heterocycles. The van der Waals surface area contributed by atoms with Crippen LogP contribution in [0.5, 0.6) is 5.75 Å². The van der Waals surface area contributed by atoms with Gasteiger partial charge in [0, 0.05) is 46.9 Å². The number of thiol groups is 1. The molecule has 0 saturated heterocycles. The van der Waals surface area contributed by atoms with Gasteiger partial charge in [0.2, 0.25) is 0 Å². The van der Waals surface area contributed by atoms with E-state index >= 15 is 0 Å². The second-order valence-electron chi connectivity index (χ2n) is 7.87. The Morgan fingerprint density at radius 2 is 1.78 bits per heavy atom. The summed E-state index contributed by atoms with van der Waals surface area (Å²) in [6.45, 7) is 11.9. The summed E-state index contributed by atoms with van der Waals surface area (Å²) < 4.78 is 5.28. The monoisotopic (exact) mass is 451 g/mol. The molecule has 0 saturated carbocycles. The molecule has 1 N–H and O–H groups in total. The van der Waals surface area contributed by atoms with Crippen LogP contribution in [-0.4, -0.2) is 39.0 Å². The third-order valence-corrected chi connectivity index (χ3v) is 5.39. The molecule has 0 aliphatic carbocycles. The first-order valence-electron chi connectivity index (χ1n) is 10.9. The number of pyridine rings is 3. The first kappa shape index (κ1) is 25.6. The Morgan fingerprint density at radius 1 is 1.00 bits per heavy atom. The standard InChI is InChI=1S/C18H15N3O.C8H18OS/c1-11-6-15(21-10-18(11)22)5-4-14-8-20-13(3)17-9-19-12(2)7-16(14)17;1-3-8(2)4-5-9-6-7-10/h6-10,22H,1-3H3;8,10H,3-7H2,1-2H3. The number of nitrogens with zero attached hydrogens (tertiary/aromatic N) is 3. The maximum Gasteiger partial charge on any atom is 0.136 e. The molecule has 3 heterocycles. The van der Waals surface area contributed by atoms with Crippen molar-refractivity contribution >= 4 is 23.4 Å². The van der Waals surface area contributed by atoms with Crippen molar-refractivity contribution in [2.45, 2.75) is 47.5 Å². The minimum absolute atomic E-state index is 0.176. The zero-order valence-corrected chi connectivity index (χ0v) is 20.5. The average molecular weight is 452 g/mol. The van der Waals surface area contributed by atoms with E-state index in [2.05, 4.69) is 53.3 Å². The van der Waals surface area contributed by atoms with Crippen molar-refractivity contribution in [2.75, 3.05) is 19.0 Å². The molecule has 32 heavy (non-hydrogen) atoms. The summed E-state index contributed by atoms with van der Waals surface area (Å²) in [5.41, 5.74) is 4.10. The Balaban J connectivity index is 0.000000309. The van der Waals surface area contributed by atoms with Crippen molar-refractivity contribution in [2.24, 2.45) is 5.92 Å².